The number of carbonyl (C=O) groups is 2. The predicted octanol–water partition coefficient (Wildman–Crippen LogP) is 5.48. The molecule has 0 unspecified atom stereocenters. The highest BCUT2D eigenvalue weighted by Crippen LogP contribution is 2.47. The molecule has 3 amide bonds. The number of imidazole rings is 1. The van der Waals surface area contributed by atoms with Gasteiger partial charge in [-0.3, -0.25) is 14.7 Å². The molecular formula is C25H18F7N5O3. The average molecular weight is 569 g/mol. The smallest absolute Gasteiger partial charge is 0.407 e. The minimum atomic E-state index is -5.42. The summed E-state index contributed by atoms with van der Waals surface area (Å²) in [5.41, 5.74) is -4.29. The summed E-state index contributed by atoms with van der Waals surface area (Å²) in [7, 11) is 2.77. The van der Waals surface area contributed by atoms with Gasteiger partial charge in [-0.25, -0.2) is 19.0 Å². The Labute approximate surface area is 222 Å². The zero-order valence-corrected chi connectivity index (χ0v) is 20.6. The summed E-state index contributed by atoms with van der Waals surface area (Å²) in [6.07, 6.45) is -9.11. The normalized spacial score (nSPS) is 13.8. The highest BCUT2D eigenvalue weighted by atomic mass is 19.4. The summed E-state index contributed by atoms with van der Waals surface area (Å²) >= 11 is 0. The van der Waals surface area contributed by atoms with Crippen molar-refractivity contribution in [3.05, 3.63) is 71.6 Å². The number of hydrogen-bond acceptors (Lipinski definition) is 4. The molecule has 2 aromatic carbocycles. The van der Waals surface area contributed by atoms with Crippen LogP contribution in [-0.2, 0) is 19.4 Å². The zero-order valence-electron chi connectivity index (χ0n) is 20.6. The van der Waals surface area contributed by atoms with Gasteiger partial charge in [-0.05, 0) is 42.3 Å². The largest absolute Gasteiger partial charge is 0.420 e. The maximum atomic E-state index is 14.0. The van der Waals surface area contributed by atoms with E-state index in [9.17, 15) is 40.3 Å². The number of anilines is 2. The number of alkyl halides is 6. The first-order valence-corrected chi connectivity index (χ1v) is 11.3. The van der Waals surface area contributed by atoms with E-state index >= 15 is 0 Å². The number of ether oxygens (including phenoxy) is 1. The van der Waals surface area contributed by atoms with Crippen molar-refractivity contribution in [3.8, 4) is 17.7 Å². The SMILES string of the molecule is CN(C(=O)Oc1c(N2CCN(C#Cc3cn(C)cn3)C2=O)cc(C(F)(F)F)cc1C(F)(F)F)c1ccc(F)cc1. The van der Waals surface area contributed by atoms with Crippen molar-refractivity contribution in [3.63, 3.8) is 0 Å². The molecule has 0 spiro atoms. The van der Waals surface area contributed by atoms with Gasteiger partial charge in [-0.2, -0.15) is 26.3 Å². The standard InChI is InChI=1S/C25H18F7N5O3/c1-34-13-17(33-14-34)7-8-36-9-10-37(22(36)38)20-12-15(24(27,28)29)11-19(25(30,31)32)21(20)40-23(39)35(2)18-5-3-16(26)4-6-18/h3-6,11-14H,9-10H2,1-2H3. The third-order valence-electron chi connectivity index (χ3n) is 5.70. The van der Waals surface area contributed by atoms with Gasteiger partial charge in [0.1, 0.15) is 17.1 Å². The number of halogens is 7. The van der Waals surface area contributed by atoms with Crippen LogP contribution in [0.2, 0.25) is 0 Å². The summed E-state index contributed by atoms with van der Waals surface area (Å²) in [4.78, 5) is 32.0. The van der Waals surface area contributed by atoms with Crippen LogP contribution in [-0.4, -0.2) is 46.7 Å². The minimum absolute atomic E-state index is 0.0154. The van der Waals surface area contributed by atoms with Crippen LogP contribution in [0.4, 0.5) is 51.7 Å². The van der Waals surface area contributed by atoms with Gasteiger partial charge in [0.15, 0.2) is 5.75 Å². The number of carbonyl (C=O) groups excluding carboxylic acids is 2. The molecule has 1 saturated heterocycles. The number of amides is 3. The fraction of sp³-hybridized carbons (Fsp3) is 0.240. The molecule has 1 aliphatic heterocycles. The van der Waals surface area contributed by atoms with E-state index < -0.39 is 52.9 Å². The average Bonchev–Trinajstić information content (AvgIpc) is 3.46. The van der Waals surface area contributed by atoms with Crippen LogP contribution in [0.3, 0.4) is 0 Å². The molecule has 210 valence electrons. The van der Waals surface area contributed by atoms with Crippen molar-refractivity contribution < 1.29 is 45.1 Å². The molecule has 0 atom stereocenters. The summed E-state index contributed by atoms with van der Waals surface area (Å²) in [6.45, 7) is -0.550. The molecule has 4 rings (SSSR count). The molecule has 15 heteroatoms. The Bertz CT molecular complexity index is 1500. The quantitative estimate of drug-likeness (QED) is 0.309. The first-order chi connectivity index (χ1) is 18.6. The number of urea groups is 1. The molecule has 8 nitrogen and oxygen atoms in total. The Morgan fingerprint density at radius 1 is 1.05 bits per heavy atom. The Morgan fingerprint density at radius 3 is 2.30 bits per heavy atom. The fourth-order valence-corrected chi connectivity index (χ4v) is 3.69. The Balaban J connectivity index is 1.77. The molecule has 0 saturated carbocycles. The van der Waals surface area contributed by atoms with E-state index in [4.69, 9.17) is 4.74 Å². The lowest BCUT2D eigenvalue weighted by atomic mass is 10.1. The van der Waals surface area contributed by atoms with Crippen molar-refractivity contribution >= 4 is 23.5 Å². The van der Waals surface area contributed by atoms with Crippen LogP contribution in [0.15, 0.2) is 48.9 Å². The van der Waals surface area contributed by atoms with E-state index in [0.29, 0.717) is 11.0 Å². The van der Waals surface area contributed by atoms with Crippen LogP contribution in [0.25, 0.3) is 0 Å². The second-order valence-electron chi connectivity index (χ2n) is 8.52. The van der Waals surface area contributed by atoms with Crippen LogP contribution >= 0.6 is 0 Å². The van der Waals surface area contributed by atoms with Gasteiger partial charge in [-0.1, -0.05) is 0 Å². The number of aromatic nitrogens is 2. The molecule has 1 fully saturated rings. The minimum Gasteiger partial charge on any atom is -0.407 e. The number of rotatable bonds is 3. The van der Waals surface area contributed by atoms with Crippen molar-refractivity contribution in [1.82, 2.24) is 14.5 Å². The maximum absolute atomic E-state index is 14.0. The Hall–Kier alpha value is -4.74. The highest BCUT2D eigenvalue weighted by molar-refractivity contribution is 5.98. The van der Waals surface area contributed by atoms with Gasteiger partial charge in [0.05, 0.1) is 24.1 Å². The number of benzene rings is 2. The van der Waals surface area contributed by atoms with E-state index in [-0.39, 0.29) is 30.5 Å². The third kappa shape index (κ3) is 5.95. The van der Waals surface area contributed by atoms with E-state index in [2.05, 4.69) is 16.9 Å². The van der Waals surface area contributed by atoms with E-state index in [0.717, 1.165) is 41.1 Å². The number of nitrogens with zero attached hydrogens (tertiary/aromatic N) is 5. The Kier molecular flexibility index (Phi) is 7.38. The number of aryl methyl sites for hydroxylation is 1. The lowest BCUT2D eigenvalue weighted by Gasteiger charge is -2.25. The van der Waals surface area contributed by atoms with E-state index in [1.807, 2.05) is 0 Å². The van der Waals surface area contributed by atoms with E-state index in [1.54, 1.807) is 11.6 Å². The molecule has 1 aliphatic rings. The highest BCUT2D eigenvalue weighted by Gasteiger charge is 2.44. The third-order valence-corrected chi connectivity index (χ3v) is 5.70. The fourth-order valence-electron chi connectivity index (χ4n) is 3.69. The van der Waals surface area contributed by atoms with Gasteiger partial charge in [0.25, 0.3) is 0 Å². The van der Waals surface area contributed by atoms with Crippen LogP contribution < -0.4 is 14.5 Å². The Morgan fingerprint density at radius 2 is 1.73 bits per heavy atom. The van der Waals surface area contributed by atoms with Gasteiger partial charge in [-0.15, -0.1) is 0 Å². The molecule has 0 radical (unpaired) electrons. The van der Waals surface area contributed by atoms with Gasteiger partial charge >= 0.3 is 24.5 Å². The predicted molar refractivity (Wildman–Crippen MR) is 127 cm³/mol. The summed E-state index contributed by atoms with van der Waals surface area (Å²) < 4.78 is 103. The molecule has 2 heterocycles. The topological polar surface area (TPSA) is 70.9 Å². The van der Waals surface area contributed by atoms with Crippen molar-refractivity contribution in [1.29, 1.82) is 0 Å². The maximum Gasteiger partial charge on any atom is 0.420 e. The second-order valence-corrected chi connectivity index (χ2v) is 8.52. The molecule has 0 N–H and O–H groups in total. The number of hydrogen-bond donors (Lipinski definition) is 0. The molecule has 0 bridgehead atoms. The zero-order chi connectivity index (χ0) is 29.4. The summed E-state index contributed by atoms with van der Waals surface area (Å²) in [5.74, 6) is 0.616. The van der Waals surface area contributed by atoms with Crippen molar-refractivity contribution in [2.24, 2.45) is 7.05 Å². The van der Waals surface area contributed by atoms with Crippen LogP contribution in [0.1, 0.15) is 16.8 Å². The second kappa shape index (κ2) is 10.4. The van der Waals surface area contributed by atoms with Gasteiger partial charge < -0.3 is 9.30 Å². The summed E-state index contributed by atoms with van der Waals surface area (Å²) in [5, 5.41) is 0. The summed E-state index contributed by atoms with van der Waals surface area (Å²) in [6, 6.07) is 5.76. The van der Waals surface area contributed by atoms with Crippen molar-refractivity contribution in [2.45, 2.75) is 12.4 Å². The molecule has 0 aliphatic carbocycles. The monoisotopic (exact) mass is 569 g/mol. The lowest BCUT2D eigenvalue weighted by Crippen LogP contribution is -2.33. The van der Waals surface area contributed by atoms with Crippen LogP contribution in [0.5, 0.6) is 5.75 Å². The van der Waals surface area contributed by atoms with Gasteiger partial charge in [0.2, 0.25) is 0 Å². The lowest BCUT2D eigenvalue weighted by molar-refractivity contribution is -0.143. The van der Waals surface area contributed by atoms with Gasteiger partial charge in [0, 0.05) is 38.6 Å². The molecule has 40 heavy (non-hydrogen) atoms. The molecule has 3 aromatic rings. The molecular weight excluding hydrogens is 551 g/mol. The first-order valence-electron chi connectivity index (χ1n) is 11.3. The molecule has 1 aromatic heterocycles. The first kappa shape index (κ1) is 28.3. The van der Waals surface area contributed by atoms with Crippen molar-refractivity contribution in [2.75, 3.05) is 29.9 Å². The van der Waals surface area contributed by atoms with Crippen LogP contribution in [0, 0.1) is 17.8 Å². The van der Waals surface area contributed by atoms with E-state index in [1.165, 1.54) is 12.5 Å².